The van der Waals surface area contributed by atoms with Gasteiger partial charge in [-0.25, -0.2) is 4.79 Å². The molecule has 0 saturated carbocycles. The van der Waals surface area contributed by atoms with Gasteiger partial charge in [-0.2, -0.15) is 0 Å². The lowest BCUT2D eigenvalue weighted by Gasteiger charge is -2.19. The summed E-state index contributed by atoms with van der Waals surface area (Å²) in [7, 11) is 0. The van der Waals surface area contributed by atoms with Gasteiger partial charge in [0.05, 0.1) is 0 Å². The molecule has 4 heteroatoms. The van der Waals surface area contributed by atoms with Crippen LogP contribution >= 0.6 is 22.6 Å². The van der Waals surface area contributed by atoms with Gasteiger partial charge in [-0.05, 0) is 61.6 Å². The van der Waals surface area contributed by atoms with E-state index in [1.54, 1.807) is 6.07 Å². The van der Waals surface area contributed by atoms with Crippen molar-refractivity contribution in [2.75, 3.05) is 0 Å². The highest BCUT2D eigenvalue weighted by molar-refractivity contribution is 14.1. The summed E-state index contributed by atoms with van der Waals surface area (Å²) in [6, 6.07) is 7.35. The first-order valence-electron chi connectivity index (χ1n) is 4.62. The van der Waals surface area contributed by atoms with Gasteiger partial charge in [0.25, 0.3) is 0 Å². The number of carbonyl (C=O) groups is 1. The van der Waals surface area contributed by atoms with Gasteiger partial charge in [-0.15, -0.1) is 0 Å². The Morgan fingerprint density at radius 1 is 1.40 bits per heavy atom. The van der Waals surface area contributed by atoms with Crippen molar-refractivity contribution >= 4 is 28.7 Å². The smallest absolute Gasteiger partial charge is 0.410 e. The van der Waals surface area contributed by atoms with E-state index in [-0.39, 0.29) is 5.54 Å². The molecule has 0 fully saturated rings. The quantitative estimate of drug-likeness (QED) is 0.808. The van der Waals surface area contributed by atoms with E-state index in [0.29, 0.717) is 5.75 Å². The van der Waals surface area contributed by atoms with E-state index in [4.69, 9.17) is 4.74 Å². The van der Waals surface area contributed by atoms with Crippen LogP contribution in [-0.4, -0.2) is 11.6 Å². The van der Waals surface area contributed by atoms with Gasteiger partial charge in [0.1, 0.15) is 5.75 Å². The van der Waals surface area contributed by atoms with Gasteiger partial charge in [0.2, 0.25) is 0 Å². The molecule has 1 amide bonds. The molecular weight excluding hydrogens is 305 g/mol. The summed E-state index contributed by atoms with van der Waals surface area (Å²) in [5.41, 5.74) is -0.279. The van der Waals surface area contributed by atoms with Crippen LogP contribution in [0.25, 0.3) is 0 Å². The highest BCUT2D eigenvalue weighted by atomic mass is 127. The predicted octanol–water partition coefficient (Wildman–Crippen LogP) is 3.18. The molecule has 0 aliphatic carbocycles. The topological polar surface area (TPSA) is 38.3 Å². The Hall–Kier alpha value is -0.780. The number of nitrogens with one attached hydrogen (secondary N) is 1. The van der Waals surface area contributed by atoms with Gasteiger partial charge < -0.3 is 10.1 Å². The van der Waals surface area contributed by atoms with Crippen LogP contribution < -0.4 is 10.1 Å². The number of carbonyl (C=O) groups excluding carboxylic acids is 1. The molecule has 3 nitrogen and oxygen atoms in total. The Labute approximate surface area is 103 Å². The minimum atomic E-state index is -0.426. The van der Waals surface area contributed by atoms with Crippen LogP contribution in [0.3, 0.4) is 0 Å². The Morgan fingerprint density at radius 2 is 2.07 bits per heavy atom. The standard InChI is InChI=1S/C11H14INO2/c1-11(2,3)13-10(14)15-9-6-4-5-8(12)7-9/h4-7H,1-3H3,(H,13,14). The highest BCUT2D eigenvalue weighted by Gasteiger charge is 2.14. The zero-order chi connectivity index (χ0) is 11.5. The maximum absolute atomic E-state index is 11.4. The van der Waals surface area contributed by atoms with E-state index in [9.17, 15) is 4.79 Å². The summed E-state index contributed by atoms with van der Waals surface area (Å²) in [6.07, 6.45) is -0.426. The number of rotatable bonds is 1. The lowest BCUT2D eigenvalue weighted by atomic mass is 10.1. The highest BCUT2D eigenvalue weighted by Crippen LogP contribution is 2.15. The molecule has 0 unspecified atom stereocenters. The Bertz CT molecular complexity index is 358. The molecule has 15 heavy (non-hydrogen) atoms. The van der Waals surface area contributed by atoms with Crippen molar-refractivity contribution in [2.45, 2.75) is 26.3 Å². The lowest BCUT2D eigenvalue weighted by molar-refractivity contribution is 0.190. The molecule has 0 aromatic heterocycles. The van der Waals surface area contributed by atoms with E-state index in [2.05, 4.69) is 27.9 Å². The van der Waals surface area contributed by atoms with Crippen LogP contribution in [0, 0.1) is 3.57 Å². The molecule has 1 aromatic rings. The largest absolute Gasteiger partial charge is 0.413 e. The summed E-state index contributed by atoms with van der Waals surface area (Å²) in [5.74, 6) is 0.559. The average Bonchev–Trinajstić information content (AvgIpc) is 1.99. The SMILES string of the molecule is CC(C)(C)NC(=O)Oc1cccc(I)c1. The molecule has 82 valence electrons. The lowest BCUT2D eigenvalue weighted by Crippen LogP contribution is -2.42. The first kappa shape index (κ1) is 12.3. The fourth-order valence-electron chi connectivity index (χ4n) is 0.969. The summed E-state index contributed by atoms with van der Waals surface area (Å²) in [6.45, 7) is 5.72. The summed E-state index contributed by atoms with van der Waals surface area (Å²) in [4.78, 5) is 11.4. The van der Waals surface area contributed by atoms with Crippen LogP contribution in [0.15, 0.2) is 24.3 Å². The molecule has 0 atom stereocenters. The van der Waals surface area contributed by atoms with Crippen LogP contribution in [0.2, 0.25) is 0 Å². The molecule has 0 bridgehead atoms. The normalized spacial score (nSPS) is 10.9. The maximum Gasteiger partial charge on any atom is 0.413 e. The number of hydrogen-bond donors (Lipinski definition) is 1. The van der Waals surface area contributed by atoms with Crippen LogP contribution in [-0.2, 0) is 0 Å². The number of ether oxygens (including phenoxy) is 1. The van der Waals surface area contributed by atoms with Crippen LogP contribution in [0.5, 0.6) is 5.75 Å². The fraction of sp³-hybridized carbons (Fsp3) is 0.364. The second kappa shape index (κ2) is 4.83. The number of hydrogen-bond acceptors (Lipinski definition) is 2. The third-order valence-electron chi connectivity index (χ3n) is 1.48. The molecule has 0 aliphatic heterocycles. The molecule has 1 N–H and O–H groups in total. The fourth-order valence-corrected chi connectivity index (χ4v) is 1.48. The van der Waals surface area contributed by atoms with Crippen molar-refractivity contribution in [3.63, 3.8) is 0 Å². The summed E-state index contributed by atoms with van der Waals surface area (Å²) < 4.78 is 6.15. The number of halogens is 1. The van der Waals surface area contributed by atoms with E-state index in [1.807, 2.05) is 39.0 Å². The first-order chi connectivity index (χ1) is 6.87. The predicted molar refractivity (Wildman–Crippen MR) is 68.1 cm³/mol. The molecule has 0 radical (unpaired) electrons. The van der Waals surface area contributed by atoms with Gasteiger partial charge in [-0.3, -0.25) is 0 Å². The van der Waals surface area contributed by atoms with E-state index in [0.717, 1.165) is 3.57 Å². The molecule has 0 heterocycles. The summed E-state index contributed by atoms with van der Waals surface area (Å²) in [5, 5.41) is 2.72. The minimum absolute atomic E-state index is 0.279. The van der Waals surface area contributed by atoms with Crippen molar-refractivity contribution < 1.29 is 9.53 Å². The zero-order valence-corrected chi connectivity index (χ0v) is 11.2. The number of amides is 1. The zero-order valence-electron chi connectivity index (χ0n) is 9.00. The molecule has 0 saturated heterocycles. The van der Waals surface area contributed by atoms with Crippen molar-refractivity contribution in [2.24, 2.45) is 0 Å². The van der Waals surface area contributed by atoms with Crippen molar-refractivity contribution in [1.82, 2.24) is 5.32 Å². The third-order valence-corrected chi connectivity index (χ3v) is 2.15. The van der Waals surface area contributed by atoms with Crippen molar-refractivity contribution in [3.05, 3.63) is 27.8 Å². The Morgan fingerprint density at radius 3 is 2.60 bits per heavy atom. The number of benzene rings is 1. The Kier molecular flexibility index (Phi) is 3.96. The average molecular weight is 319 g/mol. The second-order valence-corrected chi connectivity index (χ2v) is 5.47. The van der Waals surface area contributed by atoms with E-state index < -0.39 is 6.09 Å². The summed E-state index contributed by atoms with van der Waals surface area (Å²) >= 11 is 2.17. The first-order valence-corrected chi connectivity index (χ1v) is 5.70. The Balaban J connectivity index is 2.59. The van der Waals surface area contributed by atoms with Gasteiger partial charge in [-0.1, -0.05) is 6.07 Å². The molecular formula is C11H14INO2. The van der Waals surface area contributed by atoms with E-state index in [1.165, 1.54) is 0 Å². The van der Waals surface area contributed by atoms with Crippen molar-refractivity contribution in [1.29, 1.82) is 0 Å². The molecule has 0 aliphatic rings. The molecule has 1 aromatic carbocycles. The van der Waals surface area contributed by atoms with E-state index >= 15 is 0 Å². The van der Waals surface area contributed by atoms with Gasteiger partial charge in [0.15, 0.2) is 0 Å². The monoisotopic (exact) mass is 319 g/mol. The van der Waals surface area contributed by atoms with Gasteiger partial charge in [0, 0.05) is 9.11 Å². The van der Waals surface area contributed by atoms with Crippen LogP contribution in [0.4, 0.5) is 4.79 Å². The van der Waals surface area contributed by atoms with Crippen molar-refractivity contribution in [3.8, 4) is 5.75 Å². The molecule has 1 rings (SSSR count). The second-order valence-electron chi connectivity index (χ2n) is 4.22. The minimum Gasteiger partial charge on any atom is -0.410 e. The maximum atomic E-state index is 11.4. The third kappa shape index (κ3) is 5.01. The van der Waals surface area contributed by atoms with Gasteiger partial charge >= 0.3 is 6.09 Å². The molecule has 0 spiro atoms. The van der Waals surface area contributed by atoms with Crippen LogP contribution in [0.1, 0.15) is 20.8 Å².